The van der Waals surface area contributed by atoms with Crippen LogP contribution < -0.4 is 27.4 Å². The van der Waals surface area contributed by atoms with Gasteiger partial charge in [-0.05, 0) is 18.3 Å². The Kier molecular flexibility index (Phi) is 11.9. The molecule has 9 N–H and O–H groups in total. The van der Waals surface area contributed by atoms with Crippen molar-refractivity contribution in [1.29, 1.82) is 0 Å². The molecule has 1 aromatic heterocycles. The molecule has 0 aliphatic carbocycles. The molecule has 0 fully saturated rings. The van der Waals surface area contributed by atoms with Crippen molar-refractivity contribution in [1.82, 2.24) is 25.9 Å². The van der Waals surface area contributed by atoms with Gasteiger partial charge in [0.25, 0.3) is 0 Å². The van der Waals surface area contributed by atoms with Gasteiger partial charge in [-0.1, -0.05) is 34.1 Å². The number of nitrogens with one attached hydrogen (secondary N) is 4. The number of aromatic nitrogens is 2. The van der Waals surface area contributed by atoms with Gasteiger partial charge < -0.3 is 37.5 Å². The van der Waals surface area contributed by atoms with Gasteiger partial charge in [-0.2, -0.15) is 0 Å². The Morgan fingerprint density at radius 2 is 1.66 bits per heavy atom. The number of aliphatic carboxylic acids is 1. The molecule has 5 unspecified atom stereocenters. The lowest BCUT2D eigenvalue weighted by atomic mass is 9.97. The molecule has 13 heteroatoms. The van der Waals surface area contributed by atoms with Gasteiger partial charge in [-0.15, -0.1) is 0 Å². The van der Waals surface area contributed by atoms with E-state index in [1.54, 1.807) is 20.8 Å². The standard InChI is InChI=1S/C22H37N7O6/c1-5-12(4)18(22(34)35)29-21(33)17(11(2)3)28-20(32)15(8-13-9-25-10-26-13)27-19(31)14(23)6-7-16(24)30/h9-12,14-15,17-18H,5-8,23H2,1-4H3,(H2,24,30)(H,25,26)(H,27,31)(H,28,32)(H,29,33)(H,34,35). The van der Waals surface area contributed by atoms with E-state index in [0.29, 0.717) is 12.1 Å². The van der Waals surface area contributed by atoms with Crippen LogP contribution in [0.1, 0.15) is 52.7 Å². The van der Waals surface area contributed by atoms with E-state index in [-0.39, 0.29) is 31.1 Å². The van der Waals surface area contributed by atoms with Crippen molar-refractivity contribution in [3.8, 4) is 0 Å². The van der Waals surface area contributed by atoms with Gasteiger partial charge in [0.15, 0.2) is 0 Å². The second-order valence-corrected chi connectivity index (χ2v) is 8.89. The number of hydrogen-bond acceptors (Lipinski definition) is 7. The van der Waals surface area contributed by atoms with E-state index in [0.717, 1.165) is 0 Å². The van der Waals surface area contributed by atoms with E-state index in [2.05, 4.69) is 25.9 Å². The number of hydrogen-bond donors (Lipinski definition) is 7. The first-order valence-electron chi connectivity index (χ1n) is 11.5. The Labute approximate surface area is 204 Å². The fourth-order valence-corrected chi connectivity index (χ4v) is 3.25. The number of aromatic amines is 1. The molecule has 0 saturated heterocycles. The first-order chi connectivity index (χ1) is 16.4. The molecule has 0 saturated carbocycles. The van der Waals surface area contributed by atoms with Crippen LogP contribution in [0.25, 0.3) is 0 Å². The SMILES string of the molecule is CCC(C)C(NC(=O)C(NC(=O)C(Cc1cnc[nH]1)NC(=O)C(N)CCC(N)=O)C(C)C)C(=O)O. The summed E-state index contributed by atoms with van der Waals surface area (Å²) in [7, 11) is 0. The molecule has 0 aromatic carbocycles. The van der Waals surface area contributed by atoms with Crippen LogP contribution in [0.3, 0.4) is 0 Å². The smallest absolute Gasteiger partial charge is 0.326 e. The highest BCUT2D eigenvalue weighted by Crippen LogP contribution is 2.11. The molecule has 1 aromatic rings. The molecule has 0 aliphatic rings. The predicted octanol–water partition coefficient (Wildman–Crippen LogP) is -1.21. The van der Waals surface area contributed by atoms with Gasteiger partial charge in [0.05, 0.1) is 12.4 Å². The third-order valence-electron chi connectivity index (χ3n) is 5.67. The summed E-state index contributed by atoms with van der Waals surface area (Å²) in [6.07, 6.45) is 3.36. The van der Waals surface area contributed by atoms with Gasteiger partial charge in [0.2, 0.25) is 23.6 Å². The second-order valence-electron chi connectivity index (χ2n) is 8.89. The molecule has 1 rings (SSSR count). The van der Waals surface area contributed by atoms with E-state index in [1.165, 1.54) is 12.5 Å². The summed E-state index contributed by atoms with van der Waals surface area (Å²) in [6, 6.07) is -4.37. The molecular formula is C22H37N7O6. The Bertz CT molecular complexity index is 874. The molecule has 35 heavy (non-hydrogen) atoms. The van der Waals surface area contributed by atoms with Gasteiger partial charge in [0, 0.05) is 24.7 Å². The number of primary amides is 1. The highest BCUT2D eigenvalue weighted by Gasteiger charge is 2.33. The number of rotatable bonds is 15. The van der Waals surface area contributed by atoms with Gasteiger partial charge in [-0.25, -0.2) is 9.78 Å². The monoisotopic (exact) mass is 495 g/mol. The highest BCUT2D eigenvalue weighted by atomic mass is 16.4. The second kappa shape index (κ2) is 14.0. The van der Waals surface area contributed by atoms with E-state index in [9.17, 15) is 29.1 Å². The van der Waals surface area contributed by atoms with Gasteiger partial charge >= 0.3 is 5.97 Å². The van der Waals surface area contributed by atoms with Gasteiger partial charge in [-0.3, -0.25) is 19.2 Å². The summed E-state index contributed by atoms with van der Waals surface area (Å²) in [5.74, 6) is -4.47. The summed E-state index contributed by atoms with van der Waals surface area (Å²) < 4.78 is 0. The van der Waals surface area contributed by atoms with E-state index in [1.807, 2.05) is 6.92 Å². The zero-order valence-electron chi connectivity index (χ0n) is 20.5. The maximum absolute atomic E-state index is 13.2. The number of carboxylic acid groups (broad SMARTS) is 1. The number of H-pyrrole nitrogens is 1. The quantitative estimate of drug-likeness (QED) is 0.156. The van der Waals surface area contributed by atoms with Crippen molar-refractivity contribution in [2.24, 2.45) is 23.3 Å². The average molecular weight is 496 g/mol. The first kappa shape index (κ1) is 29.6. The molecule has 13 nitrogen and oxygen atoms in total. The minimum Gasteiger partial charge on any atom is -0.480 e. The number of imidazole rings is 1. The normalized spacial score (nSPS) is 15.4. The third-order valence-corrected chi connectivity index (χ3v) is 5.67. The molecule has 0 aliphatic heterocycles. The minimum atomic E-state index is -1.17. The lowest BCUT2D eigenvalue weighted by Gasteiger charge is -2.28. The van der Waals surface area contributed by atoms with Crippen molar-refractivity contribution in [2.75, 3.05) is 0 Å². The number of carboxylic acids is 1. The topological polar surface area (TPSA) is 222 Å². The van der Waals surface area contributed by atoms with Crippen LogP contribution in [0, 0.1) is 11.8 Å². The van der Waals surface area contributed by atoms with Gasteiger partial charge in [0.1, 0.15) is 18.1 Å². The molecule has 1 heterocycles. The van der Waals surface area contributed by atoms with Crippen molar-refractivity contribution in [2.45, 2.75) is 77.5 Å². The fraction of sp³-hybridized carbons (Fsp3) is 0.636. The fourth-order valence-electron chi connectivity index (χ4n) is 3.25. The average Bonchev–Trinajstić information content (AvgIpc) is 3.30. The minimum absolute atomic E-state index is 0.00276. The zero-order chi connectivity index (χ0) is 26.7. The number of carbonyl (C=O) groups is 5. The number of amides is 4. The summed E-state index contributed by atoms with van der Waals surface area (Å²) in [5.41, 5.74) is 11.5. The summed E-state index contributed by atoms with van der Waals surface area (Å²) in [6.45, 7) is 6.92. The number of nitrogens with two attached hydrogens (primary N) is 2. The first-order valence-corrected chi connectivity index (χ1v) is 11.5. The van der Waals surface area contributed by atoms with Crippen molar-refractivity contribution in [3.63, 3.8) is 0 Å². The Morgan fingerprint density at radius 1 is 1.03 bits per heavy atom. The van der Waals surface area contributed by atoms with Crippen LogP contribution in [0.15, 0.2) is 12.5 Å². The molecule has 0 spiro atoms. The lowest BCUT2D eigenvalue weighted by Crippen LogP contribution is -2.59. The summed E-state index contributed by atoms with van der Waals surface area (Å²) in [5, 5.41) is 17.2. The molecule has 196 valence electrons. The largest absolute Gasteiger partial charge is 0.480 e. The number of nitrogens with zero attached hydrogens (tertiary/aromatic N) is 1. The van der Waals surface area contributed by atoms with Crippen LogP contribution in [0.2, 0.25) is 0 Å². The van der Waals surface area contributed by atoms with E-state index < -0.39 is 53.8 Å². The molecule has 5 atom stereocenters. The maximum atomic E-state index is 13.2. The van der Waals surface area contributed by atoms with Crippen LogP contribution in [-0.2, 0) is 30.4 Å². The molecule has 0 radical (unpaired) electrons. The summed E-state index contributed by atoms with van der Waals surface area (Å²) >= 11 is 0. The van der Waals surface area contributed by atoms with E-state index in [4.69, 9.17) is 11.5 Å². The van der Waals surface area contributed by atoms with E-state index >= 15 is 0 Å². The van der Waals surface area contributed by atoms with Crippen LogP contribution in [0.5, 0.6) is 0 Å². The lowest BCUT2D eigenvalue weighted by molar-refractivity contribution is -0.144. The molecule has 4 amide bonds. The third kappa shape index (κ3) is 9.73. The number of carbonyl (C=O) groups excluding carboxylic acids is 4. The molecular weight excluding hydrogens is 458 g/mol. The van der Waals surface area contributed by atoms with Crippen LogP contribution in [0.4, 0.5) is 0 Å². The Balaban J connectivity index is 3.02. The highest BCUT2D eigenvalue weighted by molar-refractivity contribution is 5.94. The maximum Gasteiger partial charge on any atom is 0.326 e. The summed E-state index contributed by atoms with van der Waals surface area (Å²) in [4.78, 5) is 67.9. The molecule has 0 bridgehead atoms. The van der Waals surface area contributed by atoms with Crippen molar-refractivity contribution >= 4 is 29.6 Å². The Hall–Kier alpha value is -3.48. The Morgan fingerprint density at radius 3 is 2.14 bits per heavy atom. The van der Waals surface area contributed by atoms with Crippen LogP contribution in [-0.4, -0.2) is 68.8 Å². The zero-order valence-corrected chi connectivity index (χ0v) is 20.5. The van der Waals surface area contributed by atoms with Crippen molar-refractivity contribution in [3.05, 3.63) is 18.2 Å². The van der Waals surface area contributed by atoms with Crippen molar-refractivity contribution < 1.29 is 29.1 Å². The predicted molar refractivity (Wildman–Crippen MR) is 126 cm³/mol. The van der Waals surface area contributed by atoms with Crippen LogP contribution >= 0.6 is 0 Å².